The molecule has 0 bridgehead atoms. The zero-order valence-electron chi connectivity index (χ0n) is 17.6. The number of aliphatic imine (C=N–C) groups is 1. The van der Waals surface area contributed by atoms with E-state index >= 15 is 0 Å². The van der Waals surface area contributed by atoms with Crippen LogP contribution in [0.2, 0.25) is 0 Å². The minimum atomic E-state index is -0.730. The van der Waals surface area contributed by atoms with Gasteiger partial charge < -0.3 is 9.47 Å². The predicted molar refractivity (Wildman–Crippen MR) is 126 cm³/mol. The van der Waals surface area contributed by atoms with E-state index in [0.29, 0.717) is 18.7 Å². The molecule has 162 valence electrons. The maximum Gasteiger partial charge on any atom is 0.358 e. The summed E-state index contributed by atoms with van der Waals surface area (Å²) >= 11 is 3.56. The Bertz CT molecular complexity index is 1130. The van der Waals surface area contributed by atoms with Crippen molar-refractivity contribution in [2.24, 2.45) is 4.99 Å². The number of hydrogen-bond donors (Lipinski definition) is 0. The van der Waals surface area contributed by atoms with Crippen LogP contribution in [0.25, 0.3) is 0 Å². The fourth-order valence-corrected chi connectivity index (χ4v) is 3.91. The van der Waals surface area contributed by atoms with Gasteiger partial charge >= 0.3 is 5.97 Å². The number of ether oxygens (including phenoxy) is 2. The molecule has 1 aliphatic rings. The molecule has 0 radical (unpaired) electrons. The first-order valence-corrected chi connectivity index (χ1v) is 11.1. The van der Waals surface area contributed by atoms with Crippen molar-refractivity contribution in [3.05, 3.63) is 99.8 Å². The van der Waals surface area contributed by atoms with E-state index in [2.05, 4.69) is 26.1 Å². The average Bonchev–Trinajstić information content (AvgIpc) is 3.29. The molecular formula is C25H22BrN3O3. The van der Waals surface area contributed by atoms with Crippen molar-refractivity contribution in [1.82, 2.24) is 10.2 Å². The molecule has 6 nitrogen and oxygen atoms in total. The summed E-state index contributed by atoms with van der Waals surface area (Å²) in [4.78, 5) is 16.6. The molecule has 0 fully saturated rings. The Labute approximate surface area is 195 Å². The van der Waals surface area contributed by atoms with Crippen LogP contribution in [-0.2, 0) is 23.3 Å². The van der Waals surface area contributed by atoms with Gasteiger partial charge in [0.25, 0.3) is 0 Å². The monoisotopic (exact) mass is 491 g/mol. The van der Waals surface area contributed by atoms with Crippen LogP contribution in [-0.4, -0.2) is 29.0 Å². The van der Waals surface area contributed by atoms with Gasteiger partial charge in [0.05, 0.1) is 12.3 Å². The molecule has 0 N–H and O–H groups in total. The van der Waals surface area contributed by atoms with Crippen molar-refractivity contribution >= 4 is 28.1 Å². The SMILES string of the molecule is CCOC(=O)c1ccc(C2(Cc3cc(Br)ccc3OCc3ccccc3)C=CC=N2)nn1. The van der Waals surface area contributed by atoms with Gasteiger partial charge in [-0.1, -0.05) is 46.3 Å². The maximum atomic E-state index is 11.9. The summed E-state index contributed by atoms with van der Waals surface area (Å²) in [5.74, 6) is 0.290. The van der Waals surface area contributed by atoms with Crippen molar-refractivity contribution < 1.29 is 14.3 Å². The number of halogens is 1. The molecule has 2 aromatic carbocycles. The summed E-state index contributed by atoms with van der Waals surface area (Å²) in [6.45, 7) is 2.51. The van der Waals surface area contributed by atoms with E-state index in [4.69, 9.17) is 14.5 Å². The van der Waals surface area contributed by atoms with Crippen molar-refractivity contribution in [3.63, 3.8) is 0 Å². The highest BCUT2D eigenvalue weighted by molar-refractivity contribution is 9.10. The number of carbonyl (C=O) groups is 1. The molecule has 1 atom stereocenters. The van der Waals surface area contributed by atoms with Crippen LogP contribution in [0, 0.1) is 0 Å². The van der Waals surface area contributed by atoms with E-state index in [1.165, 1.54) is 0 Å². The number of allylic oxidation sites excluding steroid dienone is 1. The number of aromatic nitrogens is 2. The number of hydrogen-bond acceptors (Lipinski definition) is 6. The zero-order valence-corrected chi connectivity index (χ0v) is 19.2. The van der Waals surface area contributed by atoms with Crippen LogP contribution >= 0.6 is 15.9 Å². The molecule has 0 amide bonds. The lowest BCUT2D eigenvalue weighted by atomic mass is 9.88. The molecule has 4 rings (SSSR count). The highest BCUT2D eigenvalue weighted by Gasteiger charge is 2.34. The van der Waals surface area contributed by atoms with Crippen LogP contribution in [0.1, 0.15) is 34.2 Å². The van der Waals surface area contributed by atoms with Gasteiger partial charge in [0.1, 0.15) is 17.9 Å². The number of rotatable bonds is 8. The molecule has 3 aromatic rings. The van der Waals surface area contributed by atoms with E-state index < -0.39 is 11.5 Å². The first-order chi connectivity index (χ1) is 15.6. The number of carbonyl (C=O) groups excluding carboxylic acids is 1. The van der Waals surface area contributed by atoms with Crippen molar-refractivity contribution in [3.8, 4) is 5.75 Å². The second-order valence-electron chi connectivity index (χ2n) is 7.29. The van der Waals surface area contributed by atoms with Crippen LogP contribution in [0.15, 0.2) is 82.3 Å². The molecule has 0 aliphatic carbocycles. The van der Waals surface area contributed by atoms with E-state index in [1.807, 2.05) is 60.7 Å². The topological polar surface area (TPSA) is 73.7 Å². The lowest BCUT2D eigenvalue weighted by Gasteiger charge is -2.25. The van der Waals surface area contributed by atoms with Crippen LogP contribution < -0.4 is 4.74 Å². The summed E-state index contributed by atoms with van der Waals surface area (Å²) in [6.07, 6.45) is 6.16. The van der Waals surface area contributed by atoms with Crippen molar-refractivity contribution in [2.45, 2.75) is 25.5 Å². The Hall–Kier alpha value is -3.32. The van der Waals surface area contributed by atoms with Gasteiger partial charge in [-0.15, -0.1) is 5.10 Å². The summed E-state index contributed by atoms with van der Waals surface area (Å²) in [7, 11) is 0. The maximum absolute atomic E-state index is 11.9. The van der Waals surface area contributed by atoms with Gasteiger partial charge in [-0.3, -0.25) is 4.99 Å². The number of benzene rings is 2. The minimum Gasteiger partial charge on any atom is -0.489 e. The average molecular weight is 492 g/mol. The van der Waals surface area contributed by atoms with Gasteiger partial charge in [0.2, 0.25) is 0 Å². The Morgan fingerprint density at radius 2 is 1.91 bits per heavy atom. The highest BCUT2D eigenvalue weighted by atomic mass is 79.9. The standard InChI is InChI=1S/C25H22BrN3O3/c1-2-31-24(30)21-10-12-23(29-28-21)25(13-6-14-27-25)16-19-15-20(26)9-11-22(19)32-17-18-7-4-3-5-8-18/h3-15H,2,16-17H2,1H3. The summed E-state index contributed by atoms with van der Waals surface area (Å²) < 4.78 is 12.1. The van der Waals surface area contributed by atoms with E-state index in [1.54, 1.807) is 25.3 Å². The van der Waals surface area contributed by atoms with Gasteiger partial charge in [0, 0.05) is 17.1 Å². The van der Waals surface area contributed by atoms with Crippen LogP contribution in [0.3, 0.4) is 0 Å². The molecule has 32 heavy (non-hydrogen) atoms. The molecule has 1 aromatic heterocycles. The molecule has 0 saturated carbocycles. The van der Waals surface area contributed by atoms with E-state index in [0.717, 1.165) is 21.3 Å². The quantitative estimate of drug-likeness (QED) is 0.411. The Balaban J connectivity index is 1.61. The molecule has 1 aliphatic heterocycles. The molecular weight excluding hydrogens is 470 g/mol. The third-order valence-electron chi connectivity index (χ3n) is 5.08. The smallest absolute Gasteiger partial charge is 0.358 e. The Morgan fingerprint density at radius 1 is 1.06 bits per heavy atom. The lowest BCUT2D eigenvalue weighted by molar-refractivity contribution is 0.0518. The van der Waals surface area contributed by atoms with Gasteiger partial charge in [-0.2, -0.15) is 5.10 Å². The molecule has 0 spiro atoms. The zero-order chi connectivity index (χ0) is 22.4. The molecule has 7 heteroatoms. The van der Waals surface area contributed by atoms with Crippen molar-refractivity contribution in [2.75, 3.05) is 6.61 Å². The number of esters is 1. The molecule has 1 unspecified atom stereocenters. The fourth-order valence-electron chi connectivity index (χ4n) is 3.50. The second-order valence-corrected chi connectivity index (χ2v) is 8.20. The fraction of sp³-hybridized carbons (Fsp3) is 0.200. The third kappa shape index (κ3) is 4.94. The number of nitrogens with zero attached hydrogens (tertiary/aromatic N) is 3. The van der Waals surface area contributed by atoms with Crippen molar-refractivity contribution in [1.29, 1.82) is 0 Å². The highest BCUT2D eigenvalue weighted by Crippen LogP contribution is 2.36. The third-order valence-corrected chi connectivity index (χ3v) is 5.57. The Kier molecular flexibility index (Phi) is 6.75. The lowest BCUT2D eigenvalue weighted by Crippen LogP contribution is -2.25. The Morgan fingerprint density at radius 3 is 2.59 bits per heavy atom. The summed E-state index contributed by atoms with van der Waals surface area (Å²) in [6, 6.07) is 19.4. The minimum absolute atomic E-state index is 0.172. The normalized spacial score (nSPS) is 16.8. The second kappa shape index (κ2) is 9.87. The first kappa shape index (κ1) is 21.9. The molecule has 0 saturated heterocycles. The summed E-state index contributed by atoms with van der Waals surface area (Å²) in [5.41, 5.74) is 2.16. The van der Waals surface area contributed by atoms with E-state index in [-0.39, 0.29) is 12.3 Å². The predicted octanol–water partition coefficient (Wildman–Crippen LogP) is 5.07. The molecule has 2 heterocycles. The van der Waals surface area contributed by atoms with Gasteiger partial charge in [-0.25, -0.2) is 4.79 Å². The summed E-state index contributed by atoms with van der Waals surface area (Å²) in [5, 5.41) is 8.38. The first-order valence-electron chi connectivity index (χ1n) is 10.3. The van der Waals surface area contributed by atoms with E-state index in [9.17, 15) is 4.79 Å². The van der Waals surface area contributed by atoms with Gasteiger partial charge in [0.15, 0.2) is 5.69 Å². The largest absolute Gasteiger partial charge is 0.489 e. The van der Waals surface area contributed by atoms with Gasteiger partial charge in [-0.05, 0) is 60.5 Å². The van der Waals surface area contributed by atoms with Crippen LogP contribution in [0.5, 0.6) is 5.75 Å². The van der Waals surface area contributed by atoms with Crippen LogP contribution in [0.4, 0.5) is 0 Å².